The number of ether oxygens (including phenoxy) is 2. The van der Waals surface area contributed by atoms with E-state index in [1.807, 2.05) is 0 Å². The maximum Gasteiger partial charge on any atom is 0.339 e. The molecule has 0 saturated carbocycles. The van der Waals surface area contributed by atoms with Gasteiger partial charge in [0, 0.05) is 0 Å². The Kier molecular flexibility index (Phi) is 8.07. The lowest BCUT2D eigenvalue weighted by molar-refractivity contribution is -0.139. The minimum atomic E-state index is -2.21. The third kappa shape index (κ3) is 5.55. The number of rotatable bonds is 9. The van der Waals surface area contributed by atoms with Crippen LogP contribution in [0.1, 0.15) is 20.7 Å². The first kappa shape index (κ1) is 26.0. The Hall–Kier alpha value is -4.27. The van der Waals surface area contributed by atoms with Gasteiger partial charge in [-0.15, -0.1) is 0 Å². The first-order chi connectivity index (χ1) is 15.9. The standard InChI is InChI=1S/C20H20O14/c21-5-13(27)17(30)18(34-20(32)8-3-11(25)16(29)12(26)4-8)14(6-22)33-19(31)7-1-9(23)15(28)10(24)2-7/h1-4,6,13-14,17-18,21,23-30H,5H2. The van der Waals surface area contributed by atoms with Crippen LogP contribution in [-0.4, -0.2) is 95.2 Å². The number of esters is 2. The summed E-state index contributed by atoms with van der Waals surface area (Å²) in [5.41, 5.74) is -1.16. The Bertz CT molecular complexity index is 1030. The van der Waals surface area contributed by atoms with Crippen LogP contribution < -0.4 is 0 Å². The van der Waals surface area contributed by atoms with Gasteiger partial charge in [-0.2, -0.15) is 0 Å². The number of aliphatic hydroxyl groups excluding tert-OH is 3. The van der Waals surface area contributed by atoms with Gasteiger partial charge in [-0.1, -0.05) is 0 Å². The molecule has 0 fully saturated rings. The lowest BCUT2D eigenvalue weighted by Gasteiger charge is -2.29. The van der Waals surface area contributed by atoms with Crippen LogP contribution >= 0.6 is 0 Å². The van der Waals surface area contributed by atoms with Crippen molar-refractivity contribution in [2.45, 2.75) is 24.4 Å². The minimum absolute atomic E-state index is 0.102. The maximum atomic E-state index is 12.5. The fourth-order valence-corrected chi connectivity index (χ4v) is 2.66. The summed E-state index contributed by atoms with van der Waals surface area (Å²) in [6.07, 6.45) is -8.60. The number of phenols is 6. The second-order valence-corrected chi connectivity index (χ2v) is 6.84. The van der Waals surface area contributed by atoms with Gasteiger partial charge in [0.2, 0.25) is 0 Å². The van der Waals surface area contributed by atoms with Crippen LogP contribution in [0.3, 0.4) is 0 Å². The number of benzene rings is 2. The molecular formula is C20H20O14. The number of hydrogen-bond acceptors (Lipinski definition) is 14. The minimum Gasteiger partial charge on any atom is -0.504 e. The smallest absolute Gasteiger partial charge is 0.339 e. The molecule has 34 heavy (non-hydrogen) atoms. The molecule has 0 bridgehead atoms. The molecule has 14 heteroatoms. The van der Waals surface area contributed by atoms with E-state index in [9.17, 15) is 55.2 Å². The van der Waals surface area contributed by atoms with E-state index < -0.39 is 88.6 Å². The van der Waals surface area contributed by atoms with Gasteiger partial charge in [-0.05, 0) is 24.3 Å². The van der Waals surface area contributed by atoms with E-state index >= 15 is 0 Å². The number of carbonyl (C=O) groups is 3. The average molecular weight is 484 g/mol. The summed E-state index contributed by atoms with van der Waals surface area (Å²) in [5.74, 6) is -8.42. The van der Waals surface area contributed by atoms with E-state index in [1.165, 1.54) is 0 Å². The second kappa shape index (κ2) is 10.6. The van der Waals surface area contributed by atoms with Crippen molar-refractivity contribution in [3.8, 4) is 34.5 Å². The van der Waals surface area contributed by atoms with Gasteiger partial charge < -0.3 is 55.4 Å². The topological polar surface area (TPSA) is 252 Å². The highest BCUT2D eigenvalue weighted by atomic mass is 16.6. The Labute approximate surface area is 189 Å². The lowest BCUT2D eigenvalue weighted by atomic mass is 10.0. The summed E-state index contributed by atoms with van der Waals surface area (Å²) in [6, 6.07) is 2.66. The van der Waals surface area contributed by atoms with Crippen molar-refractivity contribution in [2.75, 3.05) is 6.61 Å². The number of aldehydes is 1. The van der Waals surface area contributed by atoms with Gasteiger partial charge in [0.15, 0.2) is 53.0 Å². The van der Waals surface area contributed by atoms with Crippen LogP contribution in [0.4, 0.5) is 0 Å². The van der Waals surface area contributed by atoms with Crippen molar-refractivity contribution in [3.05, 3.63) is 35.4 Å². The summed E-state index contributed by atoms with van der Waals surface area (Å²) >= 11 is 0. The monoisotopic (exact) mass is 484 g/mol. The van der Waals surface area contributed by atoms with Crippen molar-refractivity contribution >= 4 is 18.2 Å². The largest absolute Gasteiger partial charge is 0.504 e. The average Bonchev–Trinajstić information content (AvgIpc) is 2.80. The molecule has 0 aromatic heterocycles. The van der Waals surface area contributed by atoms with Crippen molar-refractivity contribution < 1.29 is 69.8 Å². The fourth-order valence-electron chi connectivity index (χ4n) is 2.66. The molecule has 0 aliphatic heterocycles. The van der Waals surface area contributed by atoms with Crippen LogP contribution in [0, 0.1) is 0 Å². The van der Waals surface area contributed by atoms with Crippen molar-refractivity contribution in [2.24, 2.45) is 0 Å². The second-order valence-electron chi connectivity index (χ2n) is 6.84. The van der Waals surface area contributed by atoms with Crippen LogP contribution in [0.2, 0.25) is 0 Å². The normalized spacial score (nSPS) is 14.4. The third-order valence-electron chi connectivity index (χ3n) is 4.47. The molecule has 2 aromatic carbocycles. The summed E-state index contributed by atoms with van der Waals surface area (Å²) in [4.78, 5) is 36.4. The SMILES string of the molecule is O=CC(OC(=O)c1cc(O)c(O)c(O)c1)C(OC(=O)c1cc(O)c(O)c(O)c1)C(O)C(O)CO. The van der Waals surface area contributed by atoms with E-state index in [0.717, 1.165) is 0 Å². The van der Waals surface area contributed by atoms with E-state index in [1.54, 1.807) is 0 Å². The van der Waals surface area contributed by atoms with Crippen molar-refractivity contribution in [3.63, 3.8) is 0 Å². The molecule has 0 saturated heterocycles. The zero-order valence-corrected chi connectivity index (χ0v) is 17.0. The highest BCUT2D eigenvalue weighted by molar-refractivity contribution is 5.93. The highest BCUT2D eigenvalue weighted by Crippen LogP contribution is 2.37. The number of hydrogen-bond donors (Lipinski definition) is 9. The van der Waals surface area contributed by atoms with Gasteiger partial charge in [0.05, 0.1) is 17.7 Å². The van der Waals surface area contributed by atoms with Crippen molar-refractivity contribution in [1.82, 2.24) is 0 Å². The zero-order valence-electron chi connectivity index (χ0n) is 17.0. The van der Waals surface area contributed by atoms with Gasteiger partial charge in [-0.3, -0.25) is 4.79 Å². The van der Waals surface area contributed by atoms with Gasteiger partial charge in [-0.25, -0.2) is 9.59 Å². The third-order valence-corrected chi connectivity index (χ3v) is 4.47. The molecule has 0 amide bonds. The zero-order chi connectivity index (χ0) is 25.7. The predicted octanol–water partition coefficient (Wildman–Crippen LogP) is -1.42. The number of aliphatic hydroxyl groups is 3. The Morgan fingerprint density at radius 2 is 1.15 bits per heavy atom. The molecular weight excluding hydrogens is 464 g/mol. The molecule has 2 aromatic rings. The summed E-state index contributed by atoms with van der Waals surface area (Å²) in [5, 5.41) is 85.9. The predicted molar refractivity (Wildman–Crippen MR) is 106 cm³/mol. The van der Waals surface area contributed by atoms with Crippen LogP contribution in [0.15, 0.2) is 24.3 Å². The molecule has 0 aliphatic carbocycles. The first-order valence-corrected chi connectivity index (χ1v) is 9.25. The lowest BCUT2D eigenvalue weighted by Crippen LogP contribution is -2.50. The Balaban J connectivity index is 2.36. The van der Waals surface area contributed by atoms with E-state index in [4.69, 9.17) is 14.6 Å². The first-order valence-electron chi connectivity index (χ1n) is 9.25. The molecule has 4 atom stereocenters. The quantitative estimate of drug-likeness (QED) is 0.113. The van der Waals surface area contributed by atoms with E-state index in [-0.39, 0.29) is 6.29 Å². The Morgan fingerprint density at radius 1 is 0.765 bits per heavy atom. The molecule has 0 radical (unpaired) electrons. The molecule has 0 aliphatic rings. The number of aromatic hydroxyl groups is 6. The summed E-state index contributed by atoms with van der Waals surface area (Å²) < 4.78 is 9.75. The summed E-state index contributed by atoms with van der Waals surface area (Å²) in [6.45, 7) is -1.07. The van der Waals surface area contributed by atoms with E-state index in [0.29, 0.717) is 24.3 Å². The molecule has 14 nitrogen and oxygen atoms in total. The van der Waals surface area contributed by atoms with Crippen LogP contribution in [0.5, 0.6) is 34.5 Å². The molecule has 2 rings (SSSR count). The summed E-state index contributed by atoms with van der Waals surface area (Å²) in [7, 11) is 0. The Morgan fingerprint density at radius 3 is 1.50 bits per heavy atom. The van der Waals surface area contributed by atoms with Crippen molar-refractivity contribution in [1.29, 1.82) is 0 Å². The van der Waals surface area contributed by atoms with Gasteiger partial charge in [0.25, 0.3) is 0 Å². The maximum absolute atomic E-state index is 12.5. The van der Waals surface area contributed by atoms with E-state index in [2.05, 4.69) is 0 Å². The molecule has 0 spiro atoms. The fraction of sp³-hybridized carbons (Fsp3) is 0.250. The van der Waals surface area contributed by atoms with Gasteiger partial charge in [0.1, 0.15) is 12.2 Å². The number of phenolic OH excluding ortho intramolecular Hbond substituents is 6. The molecule has 0 heterocycles. The molecule has 4 unspecified atom stereocenters. The van der Waals surface area contributed by atoms with Gasteiger partial charge >= 0.3 is 11.9 Å². The molecule has 184 valence electrons. The van der Waals surface area contributed by atoms with Crippen LogP contribution in [-0.2, 0) is 14.3 Å². The van der Waals surface area contributed by atoms with Crippen LogP contribution in [0.25, 0.3) is 0 Å². The highest BCUT2D eigenvalue weighted by Gasteiger charge is 2.39. The molecule has 9 N–H and O–H groups in total. The number of carbonyl (C=O) groups excluding carboxylic acids is 3.